The molecule has 4 fully saturated rings. The van der Waals surface area contributed by atoms with Crippen molar-refractivity contribution in [3.05, 3.63) is 35.9 Å². The van der Waals surface area contributed by atoms with Gasteiger partial charge in [-0.2, -0.15) is 0 Å². The van der Waals surface area contributed by atoms with Crippen molar-refractivity contribution in [3.8, 4) is 5.75 Å². The van der Waals surface area contributed by atoms with Crippen molar-refractivity contribution >= 4 is 23.5 Å². The fraction of sp³-hybridized carbons (Fsp3) is 0.633. The summed E-state index contributed by atoms with van der Waals surface area (Å²) in [7, 11) is 0. The summed E-state index contributed by atoms with van der Waals surface area (Å²) in [5.41, 5.74) is 0.366. The highest BCUT2D eigenvalue weighted by Gasteiger charge is 2.73. The predicted molar refractivity (Wildman–Crippen MR) is 135 cm³/mol. The van der Waals surface area contributed by atoms with Crippen LogP contribution in [0.3, 0.4) is 0 Å². The highest BCUT2D eigenvalue weighted by molar-refractivity contribution is 6.23. The second-order valence-corrected chi connectivity index (χ2v) is 13.0. The Morgan fingerprint density at radius 3 is 2.50 bits per heavy atom. The molecule has 1 spiro atoms. The van der Waals surface area contributed by atoms with E-state index in [1.165, 1.54) is 16.5 Å². The van der Waals surface area contributed by atoms with Crippen LogP contribution in [0, 0.1) is 51.8 Å². The Balaban J connectivity index is 1.50. The van der Waals surface area contributed by atoms with Gasteiger partial charge in [0.2, 0.25) is 11.8 Å². The molecular weight excluding hydrogens is 454 g/mol. The lowest BCUT2D eigenvalue weighted by atomic mass is 9.34. The molecule has 0 radical (unpaired) electrons. The molecule has 1 aromatic rings. The molecule has 6 aliphatic rings. The second kappa shape index (κ2) is 7.45. The predicted octanol–water partition coefficient (Wildman–Crippen LogP) is 5.41. The van der Waals surface area contributed by atoms with E-state index in [9.17, 15) is 24.6 Å². The van der Waals surface area contributed by atoms with Crippen LogP contribution >= 0.6 is 0 Å². The van der Waals surface area contributed by atoms with E-state index in [4.69, 9.17) is 0 Å². The van der Waals surface area contributed by atoms with Gasteiger partial charge in [-0.15, -0.1) is 0 Å². The van der Waals surface area contributed by atoms with E-state index in [1.807, 2.05) is 6.92 Å². The summed E-state index contributed by atoms with van der Waals surface area (Å²) in [6.07, 6.45) is 7.30. The first kappa shape index (κ1) is 23.7. The van der Waals surface area contributed by atoms with Gasteiger partial charge in [0.25, 0.3) is 0 Å². The number of carboxylic acids is 1. The molecule has 36 heavy (non-hydrogen) atoms. The lowest BCUT2D eigenvalue weighted by molar-refractivity contribution is -0.194. The van der Waals surface area contributed by atoms with E-state index >= 15 is 0 Å². The highest BCUT2D eigenvalue weighted by atomic mass is 16.4. The van der Waals surface area contributed by atoms with Crippen LogP contribution < -0.4 is 4.90 Å². The van der Waals surface area contributed by atoms with Crippen LogP contribution in [-0.2, 0) is 14.4 Å². The average molecular weight is 492 g/mol. The first-order valence-corrected chi connectivity index (χ1v) is 13.6. The molecule has 1 saturated heterocycles. The number of rotatable bonds is 3. The van der Waals surface area contributed by atoms with Crippen molar-refractivity contribution in [2.45, 2.75) is 66.2 Å². The number of anilines is 1. The van der Waals surface area contributed by atoms with Crippen LogP contribution in [0.15, 0.2) is 35.9 Å². The number of phenols is 1. The maximum absolute atomic E-state index is 14.2. The first-order valence-electron chi connectivity index (χ1n) is 13.6. The standard InChI is InChI=1S/C30H37NO5/c1-16(2)20-15-30-12-9-21-28(3,10-6-11-29(21,4)27(35)36)22(30)14-19(20)23-24(30)26(34)31(25(23)33)17-7-5-8-18(32)13-17/h5,7-8,13,15-16,19,21-24,32H,6,9-12,14H2,1-4H3,(H,35,36)/t19-,21+,22+,23+,24-,28+,29-,30+/m1/s1. The minimum absolute atomic E-state index is 0.00535. The number of amides is 2. The molecule has 1 aromatic carbocycles. The minimum atomic E-state index is -0.752. The maximum Gasteiger partial charge on any atom is 0.309 e. The maximum atomic E-state index is 14.2. The molecule has 5 aliphatic carbocycles. The summed E-state index contributed by atoms with van der Waals surface area (Å²) in [4.78, 5) is 42.0. The van der Waals surface area contributed by atoms with E-state index < -0.39 is 22.7 Å². The van der Waals surface area contributed by atoms with Crippen molar-refractivity contribution in [1.82, 2.24) is 0 Å². The van der Waals surface area contributed by atoms with Gasteiger partial charge < -0.3 is 10.2 Å². The summed E-state index contributed by atoms with van der Waals surface area (Å²) in [6, 6.07) is 6.43. The average Bonchev–Trinajstić information content (AvgIpc) is 3.10. The zero-order chi connectivity index (χ0) is 25.8. The Bertz CT molecular complexity index is 1200. The number of benzene rings is 1. The molecule has 1 aliphatic heterocycles. The number of carboxylic acid groups (broad SMARTS) is 1. The molecule has 2 bridgehead atoms. The van der Waals surface area contributed by atoms with Crippen LogP contribution in [0.1, 0.15) is 66.2 Å². The van der Waals surface area contributed by atoms with Gasteiger partial charge in [0.1, 0.15) is 5.75 Å². The molecule has 192 valence electrons. The number of aromatic hydroxyl groups is 1. The summed E-state index contributed by atoms with van der Waals surface area (Å²) in [6.45, 7) is 8.58. The number of carbonyl (C=O) groups excluding carboxylic acids is 2. The fourth-order valence-electron chi connectivity index (χ4n) is 9.84. The molecule has 7 rings (SSSR count). The summed E-state index contributed by atoms with van der Waals surface area (Å²) >= 11 is 0. The van der Waals surface area contributed by atoms with Gasteiger partial charge in [-0.05, 0) is 80.2 Å². The number of phenolic OH excluding ortho intramolecular Hbond substituents is 1. The SMILES string of the molecule is CC(C)C1=C[C@@]23CC[C@H]4[C@](C)(CCC[C@@]4(C)C(=O)O)[C@@H]2C[C@H]1[C@@H]1C(=O)N(c2cccc(O)c2)C(=O)[C@@H]13. The third-order valence-corrected chi connectivity index (χ3v) is 11.2. The summed E-state index contributed by atoms with van der Waals surface area (Å²) in [5, 5.41) is 20.3. The lowest BCUT2D eigenvalue weighted by Crippen LogP contribution is -2.65. The van der Waals surface area contributed by atoms with Gasteiger partial charge in [0.05, 0.1) is 22.9 Å². The summed E-state index contributed by atoms with van der Waals surface area (Å²) < 4.78 is 0. The topological polar surface area (TPSA) is 94.9 Å². The molecule has 8 atom stereocenters. The quantitative estimate of drug-likeness (QED) is 0.436. The smallest absolute Gasteiger partial charge is 0.309 e. The van der Waals surface area contributed by atoms with Gasteiger partial charge in [-0.3, -0.25) is 14.4 Å². The first-order chi connectivity index (χ1) is 17.0. The monoisotopic (exact) mass is 491 g/mol. The van der Waals surface area contributed by atoms with Gasteiger partial charge in [0, 0.05) is 11.5 Å². The van der Waals surface area contributed by atoms with E-state index in [0.29, 0.717) is 12.1 Å². The zero-order valence-corrected chi connectivity index (χ0v) is 21.7. The third kappa shape index (κ3) is 2.76. The molecule has 0 unspecified atom stereocenters. The normalized spacial score (nSPS) is 43.2. The molecule has 2 N–H and O–H groups in total. The van der Waals surface area contributed by atoms with Gasteiger partial charge >= 0.3 is 5.97 Å². The van der Waals surface area contributed by atoms with Crippen LogP contribution in [-0.4, -0.2) is 28.0 Å². The van der Waals surface area contributed by atoms with Crippen LogP contribution in [0.5, 0.6) is 5.75 Å². The van der Waals surface area contributed by atoms with E-state index in [1.54, 1.807) is 18.2 Å². The van der Waals surface area contributed by atoms with E-state index in [2.05, 4.69) is 26.8 Å². The van der Waals surface area contributed by atoms with Crippen LogP contribution in [0.25, 0.3) is 0 Å². The molecule has 2 amide bonds. The number of allylic oxidation sites excluding steroid dienone is 2. The Morgan fingerprint density at radius 2 is 1.83 bits per heavy atom. The van der Waals surface area contributed by atoms with Gasteiger partial charge in [0.15, 0.2) is 0 Å². The van der Waals surface area contributed by atoms with Crippen molar-refractivity contribution < 1.29 is 24.6 Å². The van der Waals surface area contributed by atoms with Gasteiger partial charge in [-0.1, -0.05) is 44.9 Å². The van der Waals surface area contributed by atoms with Crippen molar-refractivity contribution in [1.29, 1.82) is 0 Å². The highest BCUT2D eigenvalue weighted by Crippen LogP contribution is 2.74. The van der Waals surface area contributed by atoms with E-state index in [-0.39, 0.29) is 52.6 Å². The number of imide groups is 1. The van der Waals surface area contributed by atoms with Crippen molar-refractivity contribution in [2.75, 3.05) is 4.90 Å². The fourth-order valence-corrected chi connectivity index (χ4v) is 9.84. The molecule has 0 aromatic heterocycles. The molecule has 6 nitrogen and oxygen atoms in total. The summed E-state index contributed by atoms with van der Waals surface area (Å²) in [5.74, 6) is -1.24. The van der Waals surface area contributed by atoms with Gasteiger partial charge in [-0.25, -0.2) is 4.90 Å². The minimum Gasteiger partial charge on any atom is -0.508 e. The largest absolute Gasteiger partial charge is 0.508 e. The lowest BCUT2D eigenvalue weighted by Gasteiger charge is -2.68. The Labute approximate surface area is 212 Å². The van der Waals surface area contributed by atoms with Crippen LogP contribution in [0.2, 0.25) is 0 Å². The Kier molecular flexibility index (Phi) is 4.92. The second-order valence-electron chi connectivity index (χ2n) is 13.0. The number of nitrogens with zero attached hydrogens (tertiary/aromatic N) is 1. The number of carbonyl (C=O) groups is 3. The molecule has 6 heteroatoms. The number of hydrogen-bond acceptors (Lipinski definition) is 4. The van der Waals surface area contributed by atoms with E-state index in [0.717, 1.165) is 32.1 Å². The number of fused-ring (bicyclic) bond motifs is 1. The van der Waals surface area contributed by atoms with Crippen LogP contribution in [0.4, 0.5) is 5.69 Å². The van der Waals surface area contributed by atoms with Crippen molar-refractivity contribution in [2.24, 2.45) is 51.8 Å². The molecule has 1 heterocycles. The number of aliphatic carboxylic acids is 1. The van der Waals surface area contributed by atoms with Crippen molar-refractivity contribution in [3.63, 3.8) is 0 Å². The zero-order valence-electron chi connectivity index (χ0n) is 21.7. The third-order valence-electron chi connectivity index (χ3n) is 11.2. The molecule has 3 saturated carbocycles. The number of hydrogen-bond donors (Lipinski definition) is 2. The molecular formula is C30H37NO5. The Morgan fingerprint density at radius 1 is 1.08 bits per heavy atom. The Hall–Kier alpha value is -2.63.